The van der Waals surface area contributed by atoms with E-state index < -0.39 is 0 Å². The van der Waals surface area contributed by atoms with Gasteiger partial charge in [-0.1, -0.05) is 6.07 Å². The van der Waals surface area contributed by atoms with Crippen LogP contribution in [0.4, 0.5) is 0 Å². The van der Waals surface area contributed by atoms with E-state index in [0.717, 1.165) is 11.3 Å². The number of cyclic esters (lactones) is 1. The highest BCUT2D eigenvalue weighted by Gasteiger charge is 2.23. The lowest BCUT2D eigenvalue weighted by Crippen LogP contribution is -1.97. The number of hydrogen-bond acceptors (Lipinski definition) is 2. The first-order valence-corrected chi connectivity index (χ1v) is 4.78. The first kappa shape index (κ1) is 8.29. The lowest BCUT2D eigenvalue weighted by Gasteiger charge is -2.06. The van der Waals surface area contributed by atoms with Crippen LogP contribution in [0.1, 0.15) is 15.9 Å². The number of carbonyl (C=O) groups excluding carboxylic acids is 1. The molecule has 3 rings (SSSR count). The highest BCUT2D eigenvalue weighted by Crippen LogP contribution is 2.26. The molecule has 0 bridgehead atoms. The van der Waals surface area contributed by atoms with Crippen LogP contribution in [0.2, 0.25) is 0 Å². The summed E-state index contributed by atoms with van der Waals surface area (Å²) >= 11 is 0. The van der Waals surface area contributed by atoms with Gasteiger partial charge in [-0.15, -0.1) is 0 Å². The number of nitrogens with zero attached hydrogens (tertiary/aromatic N) is 1. The number of ether oxygens (including phenoxy) is 1. The molecule has 0 atom stereocenters. The maximum absolute atomic E-state index is 11.4. The van der Waals surface area contributed by atoms with Crippen LogP contribution in [0.3, 0.4) is 0 Å². The highest BCUT2D eigenvalue weighted by atomic mass is 16.5. The summed E-state index contributed by atoms with van der Waals surface area (Å²) in [4.78, 5) is 11.4. The Labute approximate surface area is 86.9 Å². The topological polar surface area (TPSA) is 31.2 Å². The molecular weight excluding hydrogens is 190 g/mol. The van der Waals surface area contributed by atoms with E-state index in [1.165, 1.54) is 0 Å². The van der Waals surface area contributed by atoms with E-state index in [-0.39, 0.29) is 5.97 Å². The third-order valence-electron chi connectivity index (χ3n) is 2.60. The van der Waals surface area contributed by atoms with Crippen molar-refractivity contribution in [2.24, 2.45) is 0 Å². The minimum Gasteiger partial charge on any atom is -0.457 e. The summed E-state index contributed by atoms with van der Waals surface area (Å²) < 4.78 is 7.00. The van der Waals surface area contributed by atoms with Crippen LogP contribution >= 0.6 is 0 Å². The predicted molar refractivity (Wildman–Crippen MR) is 54.9 cm³/mol. The highest BCUT2D eigenvalue weighted by molar-refractivity contribution is 5.94. The second-order valence-corrected chi connectivity index (χ2v) is 3.47. The van der Waals surface area contributed by atoms with E-state index in [2.05, 4.69) is 0 Å². The van der Waals surface area contributed by atoms with Gasteiger partial charge in [0.2, 0.25) is 0 Å². The van der Waals surface area contributed by atoms with Gasteiger partial charge in [-0.3, -0.25) is 0 Å². The standard InChI is InChI=1S/C12H9NO2/c14-12-9-4-3-5-11(10(9)8-15-12)13-6-1-2-7-13/h1-7H,8H2. The van der Waals surface area contributed by atoms with Crippen LogP contribution in [0.15, 0.2) is 42.7 Å². The van der Waals surface area contributed by atoms with Crippen LogP contribution in [0.25, 0.3) is 5.69 Å². The molecule has 0 saturated heterocycles. The maximum Gasteiger partial charge on any atom is 0.338 e. The molecule has 0 N–H and O–H groups in total. The lowest BCUT2D eigenvalue weighted by atomic mass is 10.1. The van der Waals surface area contributed by atoms with Gasteiger partial charge in [-0.2, -0.15) is 0 Å². The third kappa shape index (κ3) is 1.16. The molecule has 74 valence electrons. The van der Waals surface area contributed by atoms with Crippen molar-refractivity contribution in [2.75, 3.05) is 0 Å². The zero-order chi connectivity index (χ0) is 10.3. The summed E-state index contributed by atoms with van der Waals surface area (Å²) in [5.74, 6) is -0.223. The number of aromatic nitrogens is 1. The van der Waals surface area contributed by atoms with E-state index in [4.69, 9.17) is 4.74 Å². The van der Waals surface area contributed by atoms with Gasteiger partial charge in [0.15, 0.2) is 0 Å². The Hall–Kier alpha value is -2.03. The molecular formula is C12H9NO2. The molecule has 0 saturated carbocycles. The molecule has 3 heteroatoms. The number of rotatable bonds is 1. The third-order valence-corrected chi connectivity index (χ3v) is 2.60. The zero-order valence-electron chi connectivity index (χ0n) is 8.01. The fraction of sp³-hybridized carbons (Fsp3) is 0.0833. The van der Waals surface area contributed by atoms with Crippen molar-refractivity contribution in [3.8, 4) is 5.69 Å². The van der Waals surface area contributed by atoms with Crippen LogP contribution in [0.5, 0.6) is 0 Å². The normalized spacial score (nSPS) is 13.7. The van der Waals surface area contributed by atoms with Crippen molar-refractivity contribution in [3.05, 3.63) is 53.9 Å². The smallest absolute Gasteiger partial charge is 0.338 e. The molecule has 0 amide bonds. The van der Waals surface area contributed by atoms with E-state index in [1.54, 1.807) is 6.07 Å². The number of benzene rings is 1. The Morgan fingerprint density at radius 3 is 2.73 bits per heavy atom. The van der Waals surface area contributed by atoms with Crippen molar-refractivity contribution < 1.29 is 9.53 Å². The average molecular weight is 199 g/mol. The van der Waals surface area contributed by atoms with Gasteiger partial charge in [-0.05, 0) is 24.3 Å². The average Bonchev–Trinajstić information content (AvgIpc) is 2.88. The Kier molecular flexibility index (Phi) is 1.65. The van der Waals surface area contributed by atoms with Crippen LogP contribution in [-0.2, 0) is 11.3 Å². The van der Waals surface area contributed by atoms with Crippen LogP contribution in [-0.4, -0.2) is 10.5 Å². The minimum atomic E-state index is -0.223. The molecule has 1 aromatic carbocycles. The van der Waals surface area contributed by atoms with Crippen molar-refractivity contribution >= 4 is 5.97 Å². The quantitative estimate of drug-likeness (QED) is 0.659. The largest absolute Gasteiger partial charge is 0.457 e. The Bertz CT molecular complexity index is 514. The fourth-order valence-corrected chi connectivity index (χ4v) is 1.87. The van der Waals surface area contributed by atoms with Crippen LogP contribution < -0.4 is 0 Å². The molecule has 0 spiro atoms. The van der Waals surface area contributed by atoms with Gasteiger partial charge in [0.1, 0.15) is 6.61 Å². The summed E-state index contributed by atoms with van der Waals surface area (Å²) in [5, 5.41) is 0. The van der Waals surface area contributed by atoms with Crippen molar-refractivity contribution in [1.29, 1.82) is 0 Å². The monoisotopic (exact) mass is 199 g/mol. The maximum atomic E-state index is 11.4. The van der Waals surface area contributed by atoms with E-state index in [1.807, 2.05) is 41.2 Å². The number of hydrogen-bond donors (Lipinski definition) is 0. The molecule has 1 aliphatic heterocycles. The molecule has 0 radical (unpaired) electrons. The SMILES string of the molecule is O=C1OCc2c1cccc2-n1cccc1. The van der Waals surface area contributed by atoms with E-state index >= 15 is 0 Å². The van der Waals surface area contributed by atoms with Crippen molar-refractivity contribution in [1.82, 2.24) is 4.57 Å². The van der Waals surface area contributed by atoms with Gasteiger partial charge < -0.3 is 9.30 Å². The first-order valence-electron chi connectivity index (χ1n) is 4.78. The number of esters is 1. The zero-order valence-corrected chi connectivity index (χ0v) is 8.01. The van der Waals surface area contributed by atoms with Gasteiger partial charge >= 0.3 is 5.97 Å². The Morgan fingerprint density at radius 1 is 1.13 bits per heavy atom. The number of fused-ring (bicyclic) bond motifs is 1. The molecule has 15 heavy (non-hydrogen) atoms. The molecule has 0 fully saturated rings. The molecule has 0 unspecified atom stereocenters. The summed E-state index contributed by atoms with van der Waals surface area (Å²) in [6, 6.07) is 9.58. The Morgan fingerprint density at radius 2 is 1.93 bits per heavy atom. The first-order chi connectivity index (χ1) is 7.36. The summed E-state index contributed by atoms with van der Waals surface area (Å²) in [5.41, 5.74) is 2.67. The van der Waals surface area contributed by atoms with Crippen molar-refractivity contribution in [2.45, 2.75) is 6.61 Å². The molecule has 0 aliphatic carbocycles. The minimum absolute atomic E-state index is 0.223. The second kappa shape index (κ2) is 2.98. The lowest BCUT2D eigenvalue weighted by molar-refractivity contribution is 0.0535. The van der Waals surface area contributed by atoms with Gasteiger partial charge in [0, 0.05) is 18.0 Å². The molecule has 3 nitrogen and oxygen atoms in total. The summed E-state index contributed by atoms with van der Waals surface area (Å²) in [7, 11) is 0. The molecule has 1 aromatic heterocycles. The molecule has 1 aliphatic rings. The van der Waals surface area contributed by atoms with Crippen molar-refractivity contribution in [3.63, 3.8) is 0 Å². The second-order valence-electron chi connectivity index (χ2n) is 3.47. The van der Waals surface area contributed by atoms with E-state index in [0.29, 0.717) is 12.2 Å². The fourth-order valence-electron chi connectivity index (χ4n) is 1.87. The number of carbonyl (C=O) groups is 1. The molecule has 2 heterocycles. The molecule has 2 aromatic rings. The predicted octanol–water partition coefficient (Wildman–Crippen LogP) is 2.15. The van der Waals surface area contributed by atoms with Gasteiger partial charge in [0.05, 0.1) is 11.3 Å². The Balaban J connectivity index is 2.23. The summed E-state index contributed by atoms with van der Waals surface area (Å²) in [6.07, 6.45) is 3.91. The van der Waals surface area contributed by atoms with Gasteiger partial charge in [0.25, 0.3) is 0 Å². The van der Waals surface area contributed by atoms with Gasteiger partial charge in [-0.25, -0.2) is 4.79 Å². The van der Waals surface area contributed by atoms with Crippen LogP contribution in [0, 0.1) is 0 Å². The van der Waals surface area contributed by atoms with E-state index in [9.17, 15) is 4.79 Å². The summed E-state index contributed by atoms with van der Waals surface area (Å²) in [6.45, 7) is 0.377.